The Kier molecular flexibility index (Phi) is 4.98. The number of halogens is 1. The predicted molar refractivity (Wildman–Crippen MR) is 105 cm³/mol. The molecule has 1 aliphatic rings. The van der Waals surface area contributed by atoms with Crippen LogP contribution in [0.3, 0.4) is 0 Å². The summed E-state index contributed by atoms with van der Waals surface area (Å²) in [5.74, 6) is 2.85. The van der Waals surface area contributed by atoms with Gasteiger partial charge in [0.05, 0.1) is 0 Å². The summed E-state index contributed by atoms with van der Waals surface area (Å²) in [6, 6.07) is 15.5. The summed E-state index contributed by atoms with van der Waals surface area (Å²) in [6.45, 7) is 3.39. The first-order chi connectivity index (χ1) is 13.2. The molecule has 1 aliphatic heterocycles. The number of ether oxygens (including phenoxy) is 2. The van der Waals surface area contributed by atoms with Gasteiger partial charge >= 0.3 is 0 Å². The highest BCUT2D eigenvalue weighted by molar-refractivity contribution is 6.31. The highest BCUT2D eigenvalue weighted by Crippen LogP contribution is 2.32. The largest absolute Gasteiger partial charge is 0.454 e. The van der Waals surface area contributed by atoms with Gasteiger partial charge in [-0.15, -0.1) is 0 Å². The lowest BCUT2D eigenvalue weighted by Crippen LogP contribution is -2.08. The second kappa shape index (κ2) is 7.72. The fraction of sp³-hybridized carbons (Fsp3) is 0.200. The van der Waals surface area contributed by atoms with Crippen LogP contribution in [0.25, 0.3) is 0 Å². The van der Waals surface area contributed by atoms with Crippen LogP contribution in [-0.2, 0) is 13.1 Å². The quantitative estimate of drug-likeness (QED) is 0.659. The van der Waals surface area contributed by atoms with Crippen molar-refractivity contribution < 1.29 is 9.47 Å². The zero-order chi connectivity index (χ0) is 18.6. The lowest BCUT2D eigenvalue weighted by molar-refractivity contribution is 0.174. The first-order valence-corrected chi connectivity index (χ1v) is 9.00. The maximum atomic E-state index is 6.21. The Balaban J connectivity index is 1.42. The van der Waals surface area contributed by atoms with Crippen LogP contribution in [0.15, 0.2) is 48.5 Å². The van der Waals surface area contributed by atoms with Crippen molar-refractivity contribution in [2.75, 3.05) is 17.4 Å². The molecule has 0 saturated carbocycles. The van der Waals surface area contributed by atoms with Gasteiger partial charge in [0.1, 0.15) is 5.82 Å². The highest BCUT2D eigenvalue weighted by Gasteiger charge is 2.13. The van der Waals surface area contributed by atoms with Crippen LogP contribution in [-0.4, -0.2) is 16.8 Å². The third-order valence-electron chi connectivity index (χ3n) is 4.16. The number of aryl methyl sites for hydroxylation is 1. The Bertz CT molecular complexity index is 964. The Hall–Kier alpha value is -2.99. The molecule has 0 radical (unpaired) electrons. The fourth-order valence-electron chi connectivity index (χ4n) is 2.80. The first kappa shape index (κ1) is 17.4. The van der Waals surface area contributed by atoms with Gasteiger partial charge in [-0.2, -0.15) is 4.98 Å². The molecule has 27 heavy (non-hydrogen) atoms. The van der Waals surface area contributed by atoms with Crippen molar-refractivity contribution in [3.8, 4) is 11.5 Å². The molecule has 0 aliphatic carbocycles. The van der Waals surface area contributed by atoms with Gasteiger partial charge in [0.15, 0.2) is 11.5 Å². The Morgan fingerprint density at radius 1 is 0.963 bits per heavy atom. The molecule has 7 heteroatoms. The zero-order valence-electron chi connectivity index (χ0n) is 14.8. The minimum absolute atomic E-state index is 0.271. The third-order valence-corrected chi connectivity index (χ3v) is 4.53. The summed E-state index contributed by atoms with van der Waals surface area (Å²) in [6.07, 6.45) is 0. The number of benzene rings is 2. The van der Waals surface area contributed by atoms with Gasteiger partial charge in [-0.3, -0.25) is 0 Å². The van der Waals surface area contributed by atoms with E-state index in [-0.39, 0.29) is 6.79 Å². The number of hydrogen-bond donors (Lipinski definition) is 2. The zero-order valence-corrected chi connectivity index (χ0v) is 15.6. The van der Waals surface area contributed by atoms with Gasteiger partial charge in [0, 0.05) is 29.9 Å². The van der Waals surface area contributed by atoms with Crippen molar-refractivity contribution >= 4 is 23.4 Å². The van der Waals surface area contributed by atoms with Crippen molar-refractivity contribution in [2.24, 2.45) is 0 Å². The van der Waals surface area contributed by atoms with E-state index in [9.17, 15) is 0 Å². The molecule has 4 rings (SSSR count). The van der Waals surface area contributed by atoms with Gasteiger partial charge in [-0.25, -0.2) is 4.98 Å². The lowest BCUT2D eigenvalue weighted by atomic mass is 10.2. The maximum Gasteiger partial charge on any atom is 0.231 e. The van der Waals surface area contributed by atoms with Crippen LogP contribution in [0, 0.1) is 6.92 Å². The number of hydrogen-bond acceptors (Lipinski definition) is 6. The van der Waals surface area contributed by atoms with E-state index in [1.807, 2.05) is 55.5 Å². The maximum absolute atomic E-state index is 6.21. The van der Waals surface area contributed by atoms with Crippen LogP contribution in [0.4, 0.5) is 11.8 Å². The van der Waals surface area contributed by atoms with E-state index in [2.05, 4.69) is 20.6 Å². The van der Waals surface area contributed by atoms with E-state index in [1.54, 1.807) is 0 Å². The van der Waals surface area contributed by atoms with E-state index in [0.29, 0.717) is 19.0 Å². The van der Waals surface area contributed by atoms with Gasteiger partial charge in [-0.1, -0.05) is 35.9 Å². The minimum Gasteiger partial charge on any atom is -0.454 e. The highest BCUT2D eigenvalue weighted by atomic mass is 35.5. The van der Waals surface area contributed by atoms with E-state index in [4.69, 9.17) is 21.1 Å². The molecule has 2 N–H and O–H groups in total. The van der Waals surface area contributed by atoms with Crippen LogP contribution in [0.1, 0.15) is 16.8 Å². The summed E-state index contributed by atoms with van der Waals surface area (Å²) in [4.78, 5) is 8.98. The molecule has 0 amide bonds. The molecule has 138 valence electrons. The average Bonchev–Trinajstić information content (AvgIpc) is 3.13. The normalized spacial score (nSPS) is 12.1. The van der Waals surface area contributed by atoms with Crippen molar-refractivity contribution in [3.05, 3.63) is 70.4 Å². The topological polar surface area (TPSA) is 68.3 Å². The summed E-state index contributed by atoms with van der Waals surface area (Å²) in [7, 11) is 0. The molecular weight excluding hydrogens is 364 g/mol. The molecule has 1 aromatic heterocycles. The molecule has 3 aromatic rings. The van der Waals surface area contributed by atoms with Crippen molar-refractivity contribution in [1.29, 1.82) is 0 Å². The molecule has 2 aromatic carbocycles. The summed E-state index contributed by atoms with van der Waals surface area (Å²) >= 11 is 6.21. The van der Waals surface area contributed by atoms with Gasteiger partial charge in [-0.05, 0) is 36.2 Å². The molecular formula is C20H19ClN4O2. The van der Waals surface area contributed by atoms with E-state index < -0.39 is 0 Å². The minimum atomic E-state index is 0.271. The van der Waals surface area contributed by atoms with E-state index in [1.165, 1.54) is 0 Å². The predicted octanol–water partition coefficient (Wildman–Crippen LogP) is 4.39. The number of nitrogens with zero attached hydrogens (tertiary/aromatic N) is 2. The van der Waals surface area contributed by atoms with Crippen LogP contribution in [0.5, 0.6) is 11.5 Å². The standard InChI is InChI=1S/C20H19ClN4O2/c1-13-8-19(22-11-15-4-2-3-5-16(15)21)25-20(24-13)23-10-14-6-7-17-18(9-14)27-12-26-17/h2-9H,10-12H2,1H3,(H2,22,23,24,25). The summed E-state index contributed by atoms with van der Waals surface area (Å²) in [5.41, 5.74) is 2.96. The van der Waals surface area contributed by atoms with Crippen LogP contribution >= 0.6 is 11.6 Å². The monoisotopic (exact) mass is 382 g/mol. The molecule has 0 saturated heterocycles. The van der Waals surface area contributed by atoms with Gasteiger partial charge < -0.3 is 20.1 Å². The van der Waals surface area contributed by atoms with E-state index in [0.717, 1.165) is 39.2 Å². The Morgan fingerprint density at radius 2 is 1.81 bits per heavy atom. The number of aromatic nitrogens is 2. The number of rotatable bonds is 6. The van der Waals surface area contributed by atoms with Crippen LogP contribution < -0.4 is 20.1 Å². The number of anilines is 2. The summed E-state index contributed by atoms with van der Waals surface area (Å²) in [5, 5.41) is 7.29. The fourth-order valence-corrected chi connectivity index (χ4v) is 3.00. The average molecular weight is 383 g/mol. The van der Waals surface area contributed by atoms with Crippen molar-refractivity contribution in [1.82, 2.24) is 9.97 Å². The molecule has 6 nitrogen and oxygen atoms in total. The number of nitrogens with one attached hydrogen (secondary N) is 2. The SMILES string of the molecule is Cc1cc(NCc2ccccc2Cl)nc(NCc2ccc3c(c2)OCO3)n1. The van der Waals surface area contributed by atoms with Gasteiger partial charge in [0.2, 0.25) is 12.7 Å². The van der Waals surface area contributed by atoms with Crippen molar-refractivity contribution in [3.63, 3.8) is 0 Å². The Labute approximate surface area is 162 Å². The van der Waals surface area contributed by atoms with Crippen molar-refractivity contribution in [2.45, 2.75) is 20.0 Å². The molecule has 0 fully saturated rings. The molecule has 0 spiro atoms. The third kappa shape index (κ3) is 4.23. The molecule has 0 atom stereocenters. The second-order valence-electron chi connectivity index (χ2n) is 6.20. The second-order valence-corrected chi connectivity index (χ2v) is 6.61. The van der Waals surface area contributed by atoms with Crippen LogP contribution in [0.2, 0.25) is 5.02 Å². The smallest absolute Gasteiger partial charge is 0.231 e. The molecule has 0 unspecified atom stereocenters. The molecule has 2 heterocycles. The van der Waals surface area contributed by atoms with Gasteiger partial charge in [0.25, 0.3) is 0 Å². The number of fused-ring (bicyclic) bond motifs is 1. The summed E-state index contributed by atoms with van der Waals surface area (Å²) < 4.78 is 10.7. The van der Waals surface area contributed by atoms with E-state index >= 15 is 0 Å². The first-order valence-electron chi connectivity index (χ1n) is 8.63. The molecule has 0 bridgehead atoms. The Morgan fingerprint density at radius 3 is 2.70 bits per heavy atom. The lowest BCUT2D eigenvalue weighted by Gasteiger charge is -2.11.